The Labute approximate surface area is 103 Å². The highest BCUT2D eigenvalue weighted by Gasteiger charge is 2.22. The van der Waals surface area contributed by atoms with E-state index in [1.54, 1.807) is 0 Å². The molecule has 3 nitrogen and oxygen atoms in total. The standard InChI is InChI=1S/C14H22N2O/c1-10-8-12(15)6-7-13(10)16-9-11-4-2-3-5-14(11)17/h6-8,11,14,16-17H,2-5,9,15H2,1H3. The fraction of sp³-hybridized carbons (Fsp3) is 0.571. The fourth-order valence-corrected chi connectivity index (χ4v) is 2.55. The van der Waals surface area contributed by atoms with Gasteiger partial charge in [-0.25, -0.2) is 0 Å². The lowest BCUT2D eigenvalue weighted by atomic mass is 9.86. The maximum atomic E-state index is 9.90. The molecular formula is C14H22N2O. The quantitative estimate of drug-likeness (QED) is 0.704. The zero-order chi connectivity index (χ0) is 12.3. The third-order valence-corrected chi connectivity index (χ3v) is 3.67. The normalized spacial score (nSPS) is 24.6. The first kappa shape index (κ1) is 12.2. The van der Waals surface area contributed by atoms with Gasteiger partial charge in [-0.15, -0.1) is 0 Å². The highest BCUT2D eigenvalue weighted by atomic mass is 16.3. The molecule has 0 saturated heterocycles. The number of anilines is 2. The number of aryl methyl sites for hydroxylation is 1. The first-order valence-electron chi connectivity index (χ1n) is 6.45. The van der Waals surface area contributed by atoms with Gasteiger partial charge in [-0.2, -0.15) is 0 Å². The topological polar surface area (TPSA) is 58.3 Å². The van der Waals surface area contributed by atoms with E-state index in [4.69, 9.17) is 5.73 Å². The number of benzene rings is 1. The van der Waals surface area contributed by atoms with Gasteiger partial charge in [-0.1, -0.05) is 12.8 Å². The molecule has 1 aromatic rings. The van der Waals surface area contributed by atoms with Crippen LogP contribution in [0.5, 0.6) is 0 Å². The molecule has 0 heterocycles. The Morgan fingerprint density at radius 2 is 2.12 bits per heavy atom. The Morgan fingerprint density at radius 1 is 1.35 bits per heavy atom. The second kappa shape index (κ2) is 5.41. The molecular weight excluding hydrogens is 212 g/mol. The van der Waals surface area contributed by atoms with Crippen LogP contribution >= 0.6 is 0 Å². The number of hydrogen-bond acceptors (Lipinski definition) is 3. The summed E-state index contributed by atoms with van der Waals surface area (Å²) in [7, 11) is 0. The molecule has 2 atom stereocenters. The first-order valence-corrected chi connectivity index (χ1v) is 6.45. The smallest absolute Gasteiger partial charge is 0.0585 e. The van der Waals surface area contributed by atoms with Gasteiger partial charge in [0.15, 0.2) is 0 Å². The summed E-state index contributed by atoms with van der Waals surface area (Å²) in [6, 6.07) is 5.89. The summed E-state index contributed by atoms with van der Waals surface area (Å²) in [5.41, 5.74) is 8.80. The fourth-order valence-electron chi connectivity index (χ4n) is 2.55. The maximum Gasteiger partial charge on any atom is 0.0585 e. The van der Waals surface area contributed by atoms with Crippen LogP contribution in [-0.4, -0.2) is 17.8 Å². The number of aliphatic hydroxyl groups is 1. The molecule has 1 aromatic carbocycles. The van der Waals surface area contributed by atoms with E-state index in [0.29, 0.717) is 5.92 Å². The Bertz CT molecular complexity index is 378. The molecule has 1 fully saturated rings. The lowest BCUT2D eigenvalue weighted by Crippen LogP contribution is -2.30. The third kappa shape index (κ3) is 3.13. The number of nitrogens with two attached hydrogens (primary N) is 1. The maximum absolute atomic E-state index is 9.90. The van der Waals surface area contributed by atoms with Crippen molar-refractivity contribution in [2.24, 2.45) is 5.92 Å². The molecule has 2 unspecified atom stereocenters. The summed E-state index contributed by atoms with van der Waals surface area (Å²) < 4.78 is 0. The van der Waals surface area contributed by atoms with Crippen molar-refractivity contribution in [2.45, 2.75) is 38.7 Å². The summed E-state index contributed by atoms with van der Waals surface area (Å²) in [5.74, 6) is 0.390. The second-order valence-electron chi connectivity index (χ2n) is 5.07. The number of hydrogen-bond donors (Lipinski definition) is 3. The molecule has 0 aromatic heterocycles. The molecule has 0 radical (unpaired) electrons. The summed E-state index contributed by atoms with van der Waals surface area (Å²) >= 11 is 0. The van der Waals surface area contributed by atoms with Gasteiger partial charge in [-0.3, -0.25) is 0 Å². The van der Waals surface area contributed by atoms with Gasteiger partial charge in [0.05, 0.1) is 6.10 Å². The molecule has 0 bridgehead atoms. The van der Waals surface area contributed by atoms with Crippen molar-refractivity contribution in [3.63, 3.8) is 0 Å². The van der Waals surface area contributed by atoms with Gasteiger partial charge < -0.3 is 16.2 Å². The minimum atomic E-state index is -0.134. The van der Waals surface area contributed by atoms with Crippen LogP contribution in [0, 0.1) is 12.8 Å². The van der Waals surface area contributed by atoms with Crippen LogP contribution in [0.25, 0.3) is 0 Å². The van der Waals surface area contributed by atoms with Crippen LogP contribution in [0.1, 0.15) is 31.2 Å². The van der Waals surface area contributed by atoms with E-state index in [0.717, 1.165) is 36.3 Å². The highest BCUT2D eigenvalue weighted by molar-refractivity contribution is 5.57. The van der Waals surface area contributed by atoms with Crippen LogP contribution in [0.4, 0.5) is 11.4 Å². The van der Waals surface area contributed by atoms with Crippen LogP contribution in [-0.2, 0) is 0 Å². The van der Waals surface area contributed by atoms with Gasteiger partial charge in [-0.05, 0) is 43.5 Å². The van der Waals surface area contributed by atoms with Gasteiger partial charge in [0, 0.05) is 23.8 Å². The number of nitrogens with one attached hydrogen (secondary N) is 1. The Morgan fingerprint density at radius 3 is 2.82 bits per heavy atom. The Kier molecular flexibility index (Phi) is 3.89. The van der Waals surface area contributed by atoms with Crippen molar-refractivity contribution in [2.75, 3.05) is 17.6 Å². The van der Waals surface area contributed by atoms with Crippen molar-refractivity contribution in [1.82, 2.24) is 0 Å². The van der Waals surface area contributed by atoms with E-state index in [1.165, 1.54) is 12.8 Å². The SMILES string of the molecule is Cc1cc(N)ccc1NCC1CCCCC1O. The van der Waals surface area contributed by atoms with Crippen molar-refractivity contribution in [3.05, 3.63) is 23.8 Å². The van der Waals surface area contributed by atoms with E-state index in [1.807, 2.05) is 18.2 Å². The van der Waals surface area contributed by atoms with E-state index in [9.17, 15) is 5.11 Å². The molecule has 2 rings (SSSR count). The summed E-state index contributed by atoms with van der Waals surface area (Å²) in [4.78, 5) is 0. The van der Waals surface area contributed by atoms with Crippen LogP contribution in [0.2, 0.25) is 0 Å². The second-order valence-corrected chi connectivity index (χ2v) is 5.07. The third-order valence-electron chi connectivity index (χ3n) is 3.67. The summed E-state index contributed by atoms with van der Waals surface area (Å²) in [5, 5.41) is 13.3. The molecule has 1 saturated carbocycles. The average Bonchev–Trinajstić information content (AvgIpc) is 2.30. The van der Waals surface area contributed by atoms with Crippen LogP contribution in [0.15, 0.2) is 18.2 Å². The Balaban J connectivity index is 1.92. The number of aliphatic hydroxyl groups excluding tert-OH is 1. The average molecular weight is 234 g/mol. The summed E-state index contributed by atoms with van der Waals surface area (Å²) in [6.07, 6.45) is 4.35. The number of nitrogen functional groups attached to an aromatic ring is 1. The molecule has 0 amide bonds. The zero-order valence-corrected chi connectivity index (χ0v) is 10.4. The molecule has 1 aliphatic carbocycles. The van der Waals surface area contributed by atoms with Gasteiger partial charge in [0.2, 0.25) is 0 Å². The molecule has 0 spiro atoms. The minimum absolute atomic E-state index is 0.134. The minimum Gasteiger partial charge on any atom is -0.399 e. The predicted octanol–water partition coefficient (Wildman–Crippen LogP) is 2.54. The van der Waals surface area contributed by atoms with E-state index < -0.39 is 0 Å². The van der Waals surface area contributed by atoms with Crippen molar-refractivity contribution < 1.29 is 5.11 Å². The summed E-state index contributed by atoms with van der Waals surface area (Å²) in [6.45, 7) is 2.90. The molecule has 0 aliphatic heterocycles. The first-order chi connectivity index (χ1) is 8.16. The van der Waals surface area contributed by atoms with Crippen molar-refractivity contribution in [1.29, 1.82) is 0 Å². The highest BCUT2D eigenvalue weighted by Crippen LogP contribution is 2.25. The van der Waals surface area contributed by atoms with Gasteiger partial charge >= 0.3 is 0 Å². The Hall–Kier alpha value is -1.22. The molecule has 1 aliphatic rings. The number of rotatable bonds is 3. The van der Waals surface area contributed by atoms with Crippen LogP contribution < -0.4 is 11.1 Å². The van der Waals surface area contributed by atoms with E-state index >= 15 is 0 Å². The van der Waals surface area contributed by atoms with Crippen molar-refractivity contribution >= 4 is 11.4 Å². The molecule has 94 valence electrons. The largest absolute Gasteiger partial charge is 0.399 e. The van der Waals surface area contributed by atoms with Crippen molar-refractivity contribution in [3.8, 4) is 0 Å². The van der Waals surface area contributed by atoms with Gasteiger partial charge in [0.25, 0.3) is 0 Å². The molecule has 4 N–H and O–H groups in total. The van der Waals surface area contributed by atoms with Gasteiger partial charge in [0.1, 0.15) is 0 Å². The molecule has 3 heteroatoms. The lowest BCUT2D eigenvalue weighted by molar-refractivity contribution is 0.0763. The molecule has 17 heavy (non-hydrogen) atoms. The lowest BCUT2D eigenvalue weighted by Gasteiger charge is -2.28. The van der Waals surface area contributed by atoms with Crippen LogP contribution in [0.3, 0.4) is 0 Å². The monoisotopic (exact) mass is 234 g/mol. The predicted molar refractivity (Wildman–Crippen MR) is 72.0 cm³/mol. The zero-order valence-electron chi connectivity index (χ0n) is 10.4. The van der Waals surface area contributed by atoms with E-state index in [2.05, 4.69) is 12.2 Å². The van der Waals surface area contributed by atoms with E-state index in [-0.39, 0.29) is 6.10 Å².